The minimum absolute atomic E-state index is 0.755. The van der Waals surface area contributed by atoms with E-state index in [1.54, 1.807) is 7.11 Å². The summed E-state index contributed by atoms with van der Waals surface area (Å²) < 4.78 is 5.05. The Balaban J connectivity index is 1.86. The Morgan fingerprint density at radius 3 is 2.39 bits per heavy atom. The Hall–Kier alpha value is -1.67. The lowest BCUT2D eigenvalue weighted by Gasteiger charge is -2.03. The van der Waals surface area contributed by atoms with E-state index in [1.807, 2.05) is 12.3 Å². The van der Waals surface area contributed by atoms with Gasteiger partial charge in [-0.25, -0.2) is 0 Å². The molecule has 2 rings (SSSR count). The molecule has 0 fully saturated rings. The van der Waals surface area contributed by atoms with Gasteiger partial charge in [-0.3, -0.25) is 4.98 Å². The Kier molecular flexibility index (Phi) is 4.91. The molecule has 0 radical (unpaired) electrons. The topological polar surface area (TPSA) is 22.1 Å². The molecule has 1 heterocycles. The summed E-state index contributed by atoms with van der Waals surface area (Å²) in [5.74, 6) is 0. The molecule has 0 unspecified atom stereocenters. The molecule has 0 saturated heterocycles. The molecule has 18 heavy (non-hydrogen) atoms. The van der Waals surface area contributed by atoms with Crippen molar-refractivity contribution in [3.05, 3.63) is 65.5 Å². The quantitative estimate of drug-likeness (QED) is 0.775. The fourth-order valence-electron chi connectivity index (χ4n) is 1.89. The zero-order valence-corrected chi connectivity index (χ0v) is 10.8. The smallest absolute Gasteiger partial charge is 0.0503 e. The predicted molar refractivity (Wildman–Crippen MR) is 73.7 cm³/mol. The number of hydrogen-bond donors (Lipinski definition) is 0. The van der Waals surface area contributed by atoms with Gasteiger partial charge in [0.1, 0.15) is 0 Å². The Labute approximate surface area is 109 Å². The van der Waals surface area contributed by atoms with Crippen molar-refractivity contribution < 1.29 is 4.74 Å². The minimum Gasteiger partial charge on any atom is -0.384 e. The molecule has 0 aliphatic rings. The highest BCUT2D eigenvalue weighted by Gasteiger charge is 1.98. The molecule has 0 aliphatic carbocycles. The molecule has 0 spiro atoms. The fraction of sp³-hybridized carbons (Fsp3) is 0.312. The molecule has 0 atom stereocenters. The van der Waals surface area contributed by atoms with E-state index in [1.165, 1.54) is 11.1 Å². The van der Waals surface area contributed by atoms with Crippen LogP contribution in [-0.2, 0) is 24.0 Å². The maximum absolute atomic E-state index is 5.05. The fourth-order valence-corrected chi connectivity index (χ4v) is 1.89. The number of hydrogen-bond acceptors (Lipinski definition) is 2. The van der Waals surface area contributed by atoms with E-state index in [4.69, 9.17) is 4.74 Å². The second kappa shape index (κ2) is 6.92. The highest BCUT2D eigenvalue weighted by molar-refractivity contribution is 5.18. The van der Waals surface area contributed by atoms with Gasteiger partial charge in [0, 0.05) is 19.0 Å². The van der Waals surface area contributed by atoms with Gasteiger partial charge in [-0.1, -0.05) is 36.4 Å². The maximum atomic E-state index is 5.05. The first kappa shape index (κ1) is 12.8. The monoisotopic (exact) mass is 241 g/mol. The molecule has 2 nitrogen and oxygen atoms in total. The lowest BCUT2D eigenvalue weighted by atomic mass is 10.1. The lowest BCUT2D eigenvalue weighted by molar-refractivity contribution is 0.202. The number of aryl methyl sites for hydroxylation is 2. The van der Waals surface area contributed by atoms with Crippen molar-refractivity contribution in [1.29, 1.82) is 0 Å². The maximum Gasteiger partial charge on any atom is 0.0503 e. The summed E-state index contributed by atoms with van der Waals surface area (Å²) in [4.78, 5) is 4.49. The Morgan fingerprint density at radius 2 is 1.72 bits per heavy atom. The molecule has 1 aromatic heterocycles. The van der Waals surface area contributed by atoms with Crippen LogP contribution >= 0.6 is 0 Å². The van der Waals surface area contributed by atoms with E-state index in [2.05, 4.69) is 41.4 Å². The van der Waals surface area contributed by atoms with Crippen LogP contribution in [0.15, 0.2) is 48.7 Å². The Morgan fingerprint density at radius 1 is 0.889 bits per heavy atom. The number of nitrogens with zero attached hydrogens (tertiary/aromatic N) is 1. The zero-order chi connectivity index (χ0) is 12.6. The molecule has 0 bridgehead atoms. The standard InChI is InChI=1S/C16H19NO/c1-18-12-11-15-8-10-16(17-13-15)9-7-14-5-3-2-4-6-14/h2-6,8,10,13H,7,9,11-12H2,1H3. The van der Waals surface area contributed by atoms with Gasteiger partial charge in [0.2, 0.25) is 0 Å². The van der Waals surface area contributed by atoms with Gasteiger partial charge >= 0.3 is 0 Å². The first-order chi connectivity index (χ1) is 8.88. The van der Waals surface area contributed by atoms with Gasteiger partial charge < -0.3 is 4.74 Å². The normalized spacial score (nSPS) is 10.5. The molecule has 0 saturated carbocycles. The number of rotatable bonds is 6. The Bertz CT molecular complexity index is 450. The summed E-state index contributed by atoms with van der Waals surface area (Å²) in [6, 6.07) is 14.8. The van der Waals surface area contributed by atoms with Crippen LogP contribution < -0.4 is 0 Å². The largest absolute Gasteiger partial charge is 0.384 e. The van der Waals surface area contributed by atoms with E-state index < -0.39 is 0 Å². The molecular formula is C16H19NO. The van der Waals surface area contributed by atoms with Gasteiger partial charge in [0.15, 0.2) is 0 Å². The molecule has 1 aromatic carbocycles. The zero-order valence-electron chi connectivity index (χ0n) is 10.8. The van der Waals surface area contributed by atoms with Gasteiger partial charge in [0.25, 0.3) is 0 Å². The van der Waals surface area contributed by atoms with Crippen LogP contribution in [-0.4, -0.2) is 18.7 Å². The number of ether oxygens (including phenoxy) is 1. The first-order valence-corrected chi connectivity index (χ1v) is 6.35. The van der Waals surface area contributed by atoms with Crippen molar-refractivity contribution in [2.24, 2.45) is 0 Å². The van der Waals surface area contributed by atoms with E-state index in [9.17, 15) is 0 Å². The summed E-state index contributed by atoms with van der Waals surface area (Å²) in [7, 11) is 1.72. The van der Waals surface area contributed by atoms with Crippen LogP contribution in [0.2, 0.25) is 0 Å². The first-order valence-electron chi connectivity index (χ1n) is 6.35. The molecule has 94 valence electrons. The summed E-state index contributed by atoms with van der Waals surface area (Å²) >= 11 is 0. The van der Waals surface area contributed by atoms with E-state index in [0.29, 0.717) is 0 Å². The van der Waals surface area contributed by atoms with Crippen molar-refractivity contribution in [1.82, 2.24) is 4.98 Å². The van der Waals surface area contributed by atoms with Gasteiger partial charge in [-0.05, 0) is 36.5 Å². The number of methoxy groups -OCH3 is 1. The third kappa shape index (κ3) is 3.97. The third-order valence-corrected chi connectivity index (χ3v) is 2.99. The van der Waals surface area contributed by atoms with Crippen LogP contribution in [0.4, 0.5) is 0 Å². The summed E-state index contributed by atoms with van der Waals surface area (Å²) in [6.07, 6.45) is 4.93. The van der Waals surface area contributed by atoms with Crippen molar-refractivity contribution in [3.8, 4) is 0 Å². The molecule has 0 aliphatic heterocycles. The van der Waals surface area contributed by atoms with E-state index in [0.717, 1.165) is 31.6 Å². The average Bonchev–Trinajstić information content (AvgIpc) is 2.45. The van der Waals surface area contributed by atoms with Crippen LogP contribution in [0.5, 0.6) is 0 Å². The second-order valence-electron chi connectivity index (χ2n) is 4.39. The number of aromatic nitrogens is 1. The average molecular weight is 241 g/mol. The van der Waals surface area contributed by atoms with Crippen LogP contribution in [0, 0.1) is 0 Å². The van der Waals surface area contributed by atoms with Crippen molar-refractivity contribution in [2.75, 3.05) is 13.7 Å². The summed E-state index contributed by atoms with van der Waals surface area (Å²) in [6.45, 7) is 0.755. The van der Waals surface area contributed by atoms with Gasteiger partial charge in [0.05, 0.1) is 6.61 Å². The number of benzene rings is 1. The second-order valence-corrected chi connectivity index (χ2v) is 4.39. The van der Waals surface area contributed by atoms with Crippen LogP contribution in [0.1, 0.15) is 16.8 Å². The van der Waals surface area contributed by atoms with Crippen LogP contribution in [0.3, 0.4) is 0 Å². The highest BCUT2D eigenvalue weighted by atomic mass is 16.5. The van der Waals surface area contributed by atoms with Crippen molar-refractivity contribution >= 4 is 0 Å². The lowest BCUT2D eigenvalue weighted by Crippen LogP contribution is -1.98. The van der Waals surface area contributed by atoms with E-state index >= 15 is 0 Å². The van der Waals surface area contributed by atoms with Gasteiger partial charge in [-0.2, -0.15) is 0 Å². The van der Waals surface area contributed by atoms with Crippen molar-refractivity contribution in [2.45, 2.75) is 19.3 Å². The van der Waals surface area contributed by atoms with Gasteiger partial charge in [-0.15, -0.1) is 0 Å². The molecule has 0 N–H and O–H groups in total. The predicted octanol–water partition coefficient (Wildman–Crippen LogP) is 3.06. The third-order valence-electron chi connectivity index (χ3n) is 2.99. The molecular weight excluding hydrogens is 222 g/mol. The molecule has 2 heteroatoms. The summed E-state index contributed by atoms with van der Waals surface area (Å²) in [5, 5.41) is 0. The molecule has 0 amide bonds. The number of pyridine rings is 1. The summed E-state index contributed by atoms with van der Waals surface area (Å²) in [5.41, 5.74) is 3.75. The SMILES string of the molecule is COCCc1ccc(CCc2ccccc2)nc1. The van der Waals surface area contributed by atoms with Crippen LogP contribution in [0.25, 0.3) is 0 Å². The van der Waals surface area contributed by atoms with Crippen molar-refractivity contribution in [3.63, 3.8) is 0 Å². The minimum atomic E-state index is 0.755. The van der Waals surface area contributed by atoms with E-state index in [-0.39, 0.29) is 0 Å². The highest BCUT2D eigenvalue weighted by Crippen LogP contribution is 2.07. The molecule has 2 aromatic rings.